The molecule has 0 spiro atoms. The molecule has 1 saturated heterocycles. The molecule has 5 nitrogen and oxygen atoms in total. The molecule has 1 heterocycles. The molecule has 2 amide bonds. The molecule has 3 rings (SSSR count). The van der Waals surface area contributed by atoms with E-state index >= 15 is 0 Å². The van der Waals surface area contributed by atoms with Crippen LogP contribution in [0.3, 0.4) is 0 Å². The number of carbonyl (C=O) groups is 1. The molecule has 1 fully saturated rings. The number of anilines is 1. The molecule has 0 unspecified atom stereocenters. The number of nitrogens with one attached hydrogen (secondary N) is 2. The van der Waals surface area contributed by atoms with Crippen molar-refractivity contribution in [2.45, 2.75) is 38.8 Å². The molecule has 138 valence electrons. The second-order valence-corrected chi connectivity index (χ2v) is 6.94. The first-order valence-electron chi connectivity index (χ1n) is 9.24. The molecule has 5 heteroatoms. The summed E-state index contributed by atoms with van der Waals surface area (Å²) in [6.07, 6.45) is 1.99. The number of hydrogen-bond acceptors (Lipinski definition) is 3. The third kappa shape index (κ3) is 5.23. The van der Waals surface area contributed by atoms with Crippen molar-refractivity contribution in [2.24, 2.45) is 0 Å². The van der Waals surface area contributed by atoms with Gasteiger partial charge in [0.2, 0.25) is 0 Å². The van der Waals surface area contributed by atoms with Crippen molar-refractivity contribution >= 4 is 11.7 Å². The Bertz CT molecular complexity index is 693. The molecule has 1 aliphatic heterocycles. The topological polar surface area (TPSA) is 53.6 Å². The number of piperidine rings is 1. The maximum atomic E-state index is 12.2. The van der Waals surface area contributed by atoms with Crippen LogP contribution in [0.5, 0.6) is 11.5 Å². The first-order valence-corrected chi connectivity index (χ1v) is 9.24. The summed E-state index contributed by atoms with van der Waals surface area (Å²) in [5.74, 6) is 1.53. The zero-order valence-corrected chi connectivity index (χ0v) is 15.4. The lowest BCUT2D eigenvalue weighted by Crippen LogP contribution is -2.47. The largest absolute Gasteiger partial charge is 0.457 e. The predicted molar refractivity (Wildman–Crippen MR) is 105 cm³/mol. The number of para-hydroxylation sites is 1. The normalized spacial score (nSPS) is 15.7. The van der Waals surface area contributed by atoms with E-state index in [0.29, 0.717) is 6.04 Å². The molecule has 2 aromatic rings. The van der Waals surface area contributed by atoms with E-state index in [9.17, 15) is 4.79 Å². The first kappa shape index (κ1) is 18.3. The molecule has 0 aliphatic carbocycles. The van der Waals surface area contributed by atoms with E-state index in [1.807, 2.05) is 54.6 Å². The van der Waals surface area contributed by atoms with Crippen molar-refractivity contribution < 1.29 is 9.53 Å². The lowest BCUT2D eigenvalue weighted by atomic mass is 10.0. The minimum absolute atomic E-state index is 0.148. The summed E-state index contributed by atoms with van der Waals surface area (Å²) in [5, 5.41) is 5.97. The van der Waals surface area contributed by atoms with E-state index in [1.165, 1.54) is 0 Å². The monoisotopic (exact) mass is 353 g/mol. The van der Waals surface area contributed by atoms with Gasteiger partial charge in [0, 0.05) is 30.9 Å². The lowest BCUT2D eigenvalue weighted by Gasteiger charge is -2.34. The molecule has 2 aromatic carbocycles. The molecular formula is C21H27N3O2. The van der Waals surface area contributed by atoms with E-state index in [2.05, 4.69) is 29.4 Å². The number of ether oxygens (including phenoxy) is 1. The van der Waals surface area contributed by atoms with Crippen molar-refractivity contribution in [2.75, 3.05) is 18.4 Å². The van der Waals surface area contributed by atoms with Gasteiger partial charge in [0.25, 0.3) is 0 Å². The summed E-state index contributed by atoms with van der Waals surface area (Å²) in [6, 6.07) is 17.7. The van der Waals surface area contributed by atoms with Crippen LogP contribution in [-0.4, -0.2) is 36.1 Å². The highest BCUT2D eigenvalue weighted by atomic mass is 16.5. The quantitative estimate of drug-likeness (QED) is 0.834. The first-order chi connectivity index (χ1) is 12.6. The Labute approximate surface area is 155 Å². The van der Waals surface area contributed by atoms with Crippen LogP contribution < -0.4 is 15.4 Å². The molecule has 0 radical (unpaired) electrons. The average molecular weight is 353 g/mol. The van der Waals surface area contributed by atoms with Crippen molar-refractivity contribution in [3.05, 3.63) is 54.6 Å². The van der Waals surface area contributed by atoms with Gasteiger partial charge < -0.3 is 20.3 Å². The summed E-state index contributed by atoms with van der Waals surface area (Å²) in [7, 11) is 0. The molecule has 2 N–H and O–H groups in total. The Kier molecular flexibility index (Phi) is 6.12. The van der Waals surface area contributed by atoms with Crippen LogP contribution in [0.15, 0.2) is 54.6 Å². The van der Waals surface area contributed by atoms with E-state index in [4.69, 9.17) is 4.74 Å². The number of hydrogen-bond donors (Lipinski definition) is 2. The zero-order chi connectivity index (χ0) is 18.4. The highest BCUT2D eigenvalue weighted by molar-refractivity contribution is 5.89. The molecule has 1 aliphatic rings. The van der Waals surface area contributed by atoms with Gasteiger partial charge in [0.15, 0.2) is 0 Å². The Morgan fingerprint density at radius 1 is 1.00 bits per heavy atom. The average Bonchev–Trinajstić information content (AvgIpc) is 2.64. The van der Waals surface area contributed by atoms with Crippen LogP contribution in [0.4, 0.5) is 10.5 Å². The fraction of sp³-hybridized carbons (Fsp3) is 0.381. The number of amides is 2. The fourth-order valence-electron chi connectivity index (χ4n) is 3.14. The Morgan fingerprint density at radius 3 is 2.23 bits per heavy atom. The Balaban J connectivity index is 1.46. The number of benzene rings is 2. The second-order valence-electron chi connectivity index (χ2n) is 6.94. The van der Waals surface area contributed by atoms with Crippen LogP contribution >= 0.6 is 0 Å². The number of likely N-dealkylation sites (tertiary alicyclic amines) is 1. The van der Waals surface area contributed by atoms with Crippen LogP contribution in [0, 0.1) is 0 Å². The fourth-order valence-corrected chi connectivity index (χ4v) is 3.14. The summed E-state index contributed by atoms with van der Waals surface area (Å²) in [5.41, 5.74) is 0.752. The standard InChI is InChI=1S/C21H27N3O2/c1-16(2)24-14-12-18(13-15-24)23-21(25)22-17-8-10-20(11-9-17)26-19-6-4-3-5-7-19/h3-11,16,18H,12-15H2,1-2H3,(H2,22,23,25). The lowest BCUT2D eigenvalue weighted by molar-refractivity contribution is 0.163. The maximum absolute atomic E-state index is 12.2. The summed E-state index contributed by atoms with van der Waals surface area (Å²) < 4.78 is 5.76. The summed E-state index contributed by atoms with van der Waals surface area (Å²) in [4.78, 5) is 14.7. The number of carbonyl (C=O) groups excluding carboxylic acids is 1. The second kappa shape index (κ2) is 8.72. The highest BCUT2D eigenvalue weighted by Crippen LogP contribution is 2.22. The third-order valence-corrected chi connectivity index (χ3v) is 4.69. The smallest absolute Gasteiger partial charge is 0.319 e. The maximum Gasteiger partial charge on any atom is 0.319 e. The van der Waals surface area contributed by atoms with Crippen LogP contribution in [0.25, 0.3) is 0 Å². The van der Waals surface area contributed by atoms with E-state index in [0.717, 1.165) is 43.1 Å². The van der Waals surface area contributed by atoms with Crippen LogP contribution in [-0.2, 0) is 0 Å². The van der Waals surface area contributed by atoms with Crippen LogP contribution in [0.1, 0.15) is 26.7 Å². The Morgan fingerprint density at radius 2 is 1.62 bits per heavy atom. The van der Waals surface area contributed by atoms with Crippen molar-refractivity contribution in [3.63, 3.8) is 0 Å². The van der Waals surface area contributed by atoms with Gasteiger partial charge in [0.1, 0.15) is 11.5 Å². The van der Waals surface area contributed by atoms with Crippen molar-refractivity contribution in [1.29, 1.82) is 0 Å². The number of urea groups is 1. The van der Waals surface area contributed by atoms with Gasteiger partial charge >= 0.3 is 6.03 Å². The van der Waals surface area contributed by atoms with Gasteiger partial charge in [-0.05, 0) is 63.1 Å². The van der Waals surface area contributed by atoms with E-state index < -0.39 is 0 Å². The minimum atomic E-state index is -0.148. The van der Waals surface area contributed by atoms with Gasteiger partial charge in [-0.2, -0.15) is 0 Å². The summed E-state index contributed by atoms with van der Waals surface area (Å²) in [6.45, 7) is 6.50. The third-order valence-electron chi connectivity index (χ3n) is 4.69. The molecule has 26 heavy (non-hydrogen) atoms. The zero-order valence-electron chi connectivity index (χ0n) is 15.4. The van der Waals surface area contributed by atoms with Crippen molar-refractivity contribution in [3.8, 4) is 11.5 Å². The van der Waals surface area contributed by atoms with Gasteiger partial charge in [-0.1, -0.05) is 18.2 Å². The molecule has 0 saturated carbocycles. The van der Waals surface area contributed by atoms with Gasteiger partial charge in [-0.25, -0.2) is 4.79 Å². The Hall–Kier alpha value is -2.53. The number of rotatable bonds is 5. The predicted octanol–water partition coefficient (Wildman–Crippen LogP) is 4.47. The van der Waals surface area contributed by atoms with E-state index in [-0.39, 0.29) is 12.1 Å². The van der Waals surface area contributed by atoms with Gasteiger partial charge in [0.05, 0.1) is 0 Å². The molecule has 0 aromatic heterocycles. The number of nitrogens with zero attached hydrogens (tertiary/aromatic N) is 1. The van der Waals surface area contributed by atoms with Crippen LogP contribution in [0.2, 0.25) is 0 Å². The van der Waals surface area contributed by atoms with E-state index in [1.54, 1.807) is 0 Å². The summed E-state index contributed by atoms with van der Waals surface area (Å²) >= 11 is 0. The van der Waals surface area contributed by atoms with Crippen molar-refractivity contribution in [1.82, 2.24) is 10.2 Å². The van der Waals surface area contributed by atoms with Gasteiger partial charge in [-0.3, -0.25) is 0 Å². The highest BCUT2D eigenvalue weighted by Gasteiger charge is 2.21. The minimum Gasteiger partial charge on any atom is -0.457 e. The molecular weight excluding hydrogens is 326 g/mol. The molecule has 0 atom stereocenters. The molecule has 0 bridgehead atoms. The van der Waals surface area contributed by atoms with Gasteiger partial charge in [-0.15, -0.1) is 0 Å². The SMILES string of the molecule is CC(C)N1CCC(NC(=O)Nc2ccc(Oc3ccccc3)cc2)CC1.